The lowest BCUT2D eigenvalue weighted by Gasteiger charge is -2.37. The zero-order chi connectivity index (χ0) is 20.3. The largest absolute Gasteiger partial charge is 0.497 e. The second kappa shape index (κ2) is 8.07. The summed E-state index contributed by atoms with van der Waals surface area (Å²) >= 11 is 0. The number of ether oxygens (including phenoxy) is 2. The number of allylic oxidation sites excluding steroid dienone is 1. The van der Waals surface area contributed by atoms with E-state index >= 15 is 0 Å². The number of rotatable bonds is 3. The molecule has 0 aromatic heterocycles. The maximum atomic E-state index is 12.8. The molecule has 0 fully saturated rings. The zero-order valence-electron chi connectivity index (χ0n) is 16.8. The van der Waals surface area contributed by atoms with Gasteiger partial charge in [0.05, 0.1) is 12.8 Å². The fourth-order valence-corrected chi connectivity index (χ4v) is 3.29. The summed E-state index contributed by atoms with van der Waals surface area (Å²) in [5.74, 6) is 0.748. The predicted molar refractivity (Wildman–Crippen MR) is 109 cm³/mol. The van der Waals surface area contributed by atoms with Gasteiger partial charge in [0.15, 0.2) is 0 Å². The molecular formula is C23H27NO4. The van der Waals surface area contributed by atoms with Crippen molar-refractivity contribution in [1.82, 2.24) is 4.90 Å². The molecule has 1 N–H and O–H groups in total. The Morgan fingerprint density at radius 1 is 1.07 bits per heavy atom. The summed E-state index contributed by atoms with van der Waals surface area (Å²) in [6.07, 6.45) is 0.876. The molecule has 1 aliphatic heterocycles. The molecule has 0 saturated heterocycles. The highest BCUT2D eigenvalue weighted by atomic mass is 16.6. The van der Waals surface area contributed by atoms with E-state index in [0.717, 1.165) is 16.9 Å². The van der Waals surface area contributed by atoms with E-state index in [1.165, 1.54) is 4.90 Å². The van der Waals surface area contributed by atoms with Crippen LogP contribution in [0.1, 0.15) is 44.2 Å². The fraction of sp³-hybridized carbons (Fsp3) is 0.348. The Kier molecular flexibility index (Phi) is 5.75. The van der Waals surface area contributed by atoms with Gasteiger partial charge in [0, 0.05) is 12.3 Å². The molecule has 2 aromatic rings. The summed E-state index contributed by atoms with van der Waals surface area (Å²) in [4.78, 5) is 14.2. The average Bonchev–Trinajstić information content (AvgIpc) is 2.66. The van der Waals surface area contributed by atoms with E-state index in [-0.39, 0.29) is 5.92 Å². The van der Waals surface area contributed by atoms with Gasteiger partial charge in [-0.15, -0.1) is 0 Å². The number of methoxy groups -OCH3 is 1. The lowest BCUT2D eigenvalue weighted by molar-refractivity contribution is -0.0134. The van der Waals surface area contributed by atoms with Crippen LogP contribution < -0.4 is 4.74 Å². The molecular weight excluding hydrogens is 354 g/mol. The molecule has 148 valence electrons. The molecule has 0 bridgehead atoms. The smallest absolute Gasteiger partial charge is 0.416 e. The molecule has 0 aliphatic carbocycles. The fourth-order valence-electron chi connectivity index (χ4n) is 3.29. The van der Waals surface area contributed by atoms with Crippen molar-refractivity contribution in [3.8, 4) is 5.75 Å². The van der Waals surface area contributed by atoms with E-state index in [1.807, 2.05) is 81.4 Å². The highest BCUT2D eigenvalue weighted by Gasteiger charge is 2.36. The van der Waals surface area contributed by atoms with E-state index < -0.39 is 17.9 Å². The zero-order valence-corrected chi connectivity index (χ0v) is 16.8. The molecule has 1 unspecified atom stereocenters. The second-order valence-corrected chi connectivity index (χ2v) is 7.86. The Morgan fingerprint density at radius 2 is 1.71 bits per heavy atom. The van der Waals surface area contributed by atoms with Crippen molar-refractivity contribution in [3.63, 3.8) is 0 Å². The van der Waals surface area contributed by atoms with Gasteiger partial charge in [0.25, 0.3) is 0 Å². The van der Waals surface area contributed by atoms with E-state index in [4.69, 9.17) is 9.47 Å². The van der Waals surface area contributed by atoms with Gasteiger partial charge >= 0.3 is 6.09 Å². The summed E-state index contributed by atoms with van der Waals surface area (Å²) in [5, 5.41) is 10.9. The summed E-state index contributed by atoms with van der Waals surface area (Å²) in [6, 6.07) is 17.4. The first-order chi connectivity index (χ1) is 13.3. The number of nitrogens with zero attached hydrogens (tertiary/aromatic N) is 1. The van der Waals surface area contributed by atoms with E-state index in [1.54, 1.807) is 7.11 Å². The number of hydrogen-bond acceptors (Lipinski definition) is 4. The summed E-state index contributed by atoms with van der Waals surface area (Å²) < 4.78 is 10.8. The van der Waals surface area contributed by atoms with Crippen LogP contribution in [0.5, 0.6) is 5.75 Å². The molecule has 5 nitrogen and oxygen atoms in total. The van der Waals surface area contributed by atoms with Crippen molar-refractivity contribution < 1.29 is 19.4 Å². The second-order valence-electron chi connectivity index (χ2n) is 7.86. The standard InChI is InChI=1S/C23H27NO4/c1-23(2,3)28-22(26)24-20(17-8-6-5-7-9-17)14-18(15-21(24)25)16-10-12-19(27-4)13-11-16/h5-14,18,21,25H,15H2,1-4H3/t18-,21?/m0/s1. The highest BCUT2D eigenvalue weighted by molar-refractivity contribution is 5.83. The number of hydrogen-bond donors (Lipinski definition) is 1. The number of carbonyl (C=O) groups excluding carboxylic acids is 1. The highest BCUT2D eigenvalue weighted by Crippen LogP contribution is 2.37. The maximum Gasteiger partial charge on any atom is 0.416 e. The van der Waals surface area contributed by atoms with Crippen LogP contribution in [0.15, 0.2) is 60.7 Å². The minimum absolute atomic E-state index is 0.0326. The number of amides is 1. The van der Waals surface area contributed by atoms with Crippen molar-refractivity contribution in [2.75, 3.05) is 7.11 Å². The lowest BCUT2D eigenvalue weighted by Crippen LogP contribution is -2.44. The Bertz CT molecular complexity index is 837. The van der Waals surface area contributed by atoms with Gasteiger partial charge in [-0.1, -0.05) is 48.5 Å². The summed E-state index contributed by atoms with van der Waals surface area (Å²) in [5.41, 5.74) is 1.91. The number of aliphatic hydroxyl groups excluding tert-OH is 1. The first kappa shape index (κ1) is 20.0. The summed E-state index contributed by atoms with van der Waals surface area (Å²) in [6.45, 7) is 5.44. The molecule has 1 amide bonds. The molecule has 5 heteroatoms. The first-order valence-corrected chi connectivity index (χ1v) is 9.40. The molecule has 28 heavy (non-hydrogen) atoms. The number of aliphatic hydroxyl groups is 1. The molecule has 0 radical (unpaired) electrons. The lowest BCUT2D eigenvalue weighted by atomic mass is 9.89. The minimum Gasteiger partial charge on any atom is -0.497 e. The van der Waals surface area contributed by atoms with E-state index in [9.17, 15) is 9.90 Å². The predicted octanol–water partition coefficient (Wildman–Crippen LogP) is 4.78. The summed E-state index contributed by atoms with van der Waals surface area (Å²) in [7, 11) is 1.63. The third-order valence-electron chi connectivity index (χ3n) is 4.59. The maximum absolute atomic E-state index is 12.8. The normalized spacial score (nSPS) is 19.8. The van der Waals surface area contributed by atoms with Crippen molar-refractivity contribution in [2.45, 2.75) is 44.9 Å². The third kappa shape index (κ3) is 4.54. The van der Waals surface area contributed by atoms with Crippen molar-refractivity contribution in [2.24, 2.45) is 0 Å². The minimum atomic E-state index is -0.984. The van der Waals surface area contributed by atoms with Crippen LogP contribution in [-0.2, 0) is 4.74 Å². The van der Waals surface area contributed by atoms with E-state index in [2.05, 4.69) is 0 Å². The van der Waals surface area contributed by atoms with Gasteiger partial charge in [-0.05, 0) is 44.0 Å². The van der Waals surface area contributed by atoms with Gasteiger partial charge in [0.1, 0.15) is 17.6 Å². The molecule has 3 rings (SSSR count). The molecule has 2 atom stereocenters. The van der Waals surface area contributed by atoms with Gasteiger partial charge in [-0.25, -0.2) is 4.79 Å². The van der Waals surface area contributed by atoms with Crippen molar-refractivity contribution in [1.29, 1.82) is 0 Å². The monoisotopic (exact) mass is 381 g/mol. The van der Waals surface area contributed by atoms with Crippen molar-refractivity contribution in [3.05, 3.63) is 71.8 Å². The number of benzene rings is 2. The molecule has 2 aromatic carbocycles. The van der Waals surface area contributed by atoms with Crippen LogP contribution >= 0.6 is 0 Å². The average molecular weight is 381 g/mol. The van der Waals surface area contributed by atoms with Crippen LogP contribution in [0.2, 0.25) is 0 Å². The van der Waals surface area contributed by atoms with Gasteiger partial charge in [-0.2, -0.15) is 0 Å². The molecule has 1 aliphatic rings. The van der Waals surface area contributed by atoms with Crippen LogP contribution in [-0.4, -0.2) is 35.0 Å². The first-order valence-electron chi connectivity index (χ1n) is 9.40. The Labute approximate surface area is 166 Å². The Morgan fingerprint density at radius 3 is 2.29 bits per heavy atom. The van der Waals surface area contributed by atoms with Gasteiger partial charge in [0.2, 0.25) is 0 Å². The Balaban J connectivity index is 2.00. The van der Waals surface area contributed by atoms with Gasteiger partial charge in [-0.3, -0.25) is 4.90 Å². The SMILES string of the molecule is COc1ccc([C@H]2C=C(c3ccccc3)N(C(=O)OC(C)(C)C)C(O)C2)cc1. The van der Waals surface area contributed by atoms with Crippen LogP contribution in [0.4, 0.5) is 4.79 Å². The van der Waals surface area contributed by atoms with Crippen LogP contribution in [0, 0.1) is 0 Å². The molecule has 0 spiro atoms. The van der Waals surface area contributed by atoms with Crippen LogP contribution in [0.3, 0.4) is 0 Å². The molecule has 0 saturated carbocycles. The topological polar surface area (TPSA) is 59.0 Å². The molecule has 1 heterocycles. The van der Waals surface area contributed by atoms with Crippen LogP contribution in [0.25, 0.3) is 5.70 Å². The Hall–Kier alpha value is -2.79. The van der Waals surface area contributed by atoms with Crippen molar-refractivity contribution >= 4 is 11.8 Å². The number of carbonyl (C=O) groups is 1. The van der Waals surface area contributed by atoms with Gasteiger partial charge < -0.3 is 14.6 Å². The third-order valence-corrected chi connectivity index (χ3v) is 4.59. The quantitative estimate of drug-likeness (QED) is 0.831. The van der Waals surface area contributed by atoms with E-state index in [0.29, 0.717) is 12.1 Å².